The Kier molecular flexibility index (Phi) is 1.96. The number of aromatic nitrogens is 1. The van der Waals surface area contributed by atoms with E-state index in [1.54, 1.807) is 14.2 Å². The lowest BCUT2D eigenvalue weighted by Gasteiger charge is -1.98. The zero-order chi connectivity index (χ0) is 7.56. The number of nitrogens with zero attached hydrogens (tertiary/aromatic N) is 1. The lowest BCUT2D eigenvalue weighted by Crippen LogP contribution is -1.92. The molecule has 1 heterocycles. The van der Waals surface area contributed by atoms with Gasteiger partial charge < -0.3 is 15.8 Å². The second-order valence-corrected chi connectivity index (χ2v) is 2.45. The third-order valence-electron chi connectivity index (χ3n) is 1.11. The third kappa shape index (κ3) is 0.995. The lowest BCUT2D eigenvalue weighted by atomic mass is 10.5. The average Bonchev–Trinajstić information content (AvgIpc) is 2.30. The van der Waals surface area contributed by atoms with Crippen LogP contribution < -0.4 is 15.8 Å². The summed E-state index contributed by atoms with van der Waals surface area (Å²) in [7, 11) is 3.37. The molecular formula is C5H9N3OS. The number of ether oxygens (including phenoxy) is 1. The van der Waals surface area contributed by atoms with Crippen LogP contribution in [0, 0.1) is 0 Å². The fourth-order valence-corrected chi connectivity index (χ4v) is 1.29. The quantitative estimate of drug-likeness (QED) is 0.669. The monoisotopic (exact) mass is 159 g/mol. The van der Waals surface area contributed by atoms with Crippen LogP contribution in [0.25, 0.3) is 0 Å². The molecule has 0 amide bonds. The van der Waals surface area contributed by atoms with Crippen LogP contribution in [-0.2, 0) is 0 Å². The van der Waals surface area contributed by atoms with Crippen molar-refractivity contribution < 1.29 is 4.74 Å². The van der Waals surface area contributed by atoms with Gasteiger partial charge in [-0.15, -0.1) is 0 Å². The van der Waals surface area contributed by atoms with Crippen LogP contribution in [0.3, 0.4) is 0 Å². The Hall–Kier alpha value is -0.970. The highest BCUT2D eigenvalue weighted by atomic mass is 32.1. The first kappa shape index (κ1) is 7.14. The number of methoxy groups -OCH3 is 1. The summed E-state index contributed by atoms with van der Waals surface area (Å²) in [6.07, 6.45) is 0. The summed E-state index contributed by atoms with van der Waals surface area (Å²) in [5.74, 6) is 1.07. The highest BCUT2D eigenvalue weighted by Crippen LogP contribution is 2.33. The summed E-state index contributed by atoms with van der Waals surface area (Å²) >= 11 is 1.29. The van der Waals surface area contributed by atoms with Crippen molar-refractivity contribution in [2.75, 3.05) is 25.2 Å². The molecule has 0 aliphatic heterocycles. The van der Waals surface area contributed by atoms with Crippen LogP contribution in [0.15, 0.2) is 0 Å². The van der Waals surface area contributed by atoms with E-state index in [9.17, 15) is 0 Å². The Bertz CT molecular complexity index is 223. The SMILES string of the molecule is CNc1snc(N)c1OC. The topological polar surface area (TPSA) is 60.2 Å². The molecule has 0 saturated heterocycles. The van der Waals surface area contributed by atoms with E-state index in [-0.39, 0.29) is 0 Å². The van der Waals surface area contributed by atoms with Gasteiger partial charge in [0.05, 0.1) is 7.11 Å². The Balaban J connectivity index is 3.01. The molecule has 0 unspecified atom stereocenters. The highest BCUT2D eigenvalue weighted by molar-refractivity contribution is 7.11. The number of anilines is 2. The minimum absolute atomic E-state index is 0.442. The van der Waals surface area contributed by atoms with Crippen molar-refractivity contribution in [2.45, 2.75) is 0 Å². The zero-order valence-corrected chi connectivity index (χ0v) is 6.66. The Morgan fingerprint density at radius 2 is 2.40 bits per heavy atom. The Labute approximate surface area is 63.2 Å². The van der Waals surface area contributed by atoms with Crippen molar-refractivity contribution >= 4 is 22.4 Å². The first-order chi connectivity index (χ1) is 4.79. The standard InChI is InChI=1S/C5H9N3OS/c1-7-5-3(9-2)4(6)8-10-5/h7H,1-2H3,(H2,6,8). The fourth-order valence-electron chi connectivity index (χ4n) is 0.650. The maximum absolute atomic E-state index is 5.46. The molecule has 0 aromatic carbocycles. The molecule has 0 bridgehead atoms. The second kappa shape index (κ2) is 2.74. The molecule has 0 radical (unpaired) electrons. The van der Waals surface area contributed by atoms with Crippen LogP contribution in [0.4, 0.5) is 10.8 Å². The van der Waals surface area contributed by atoms with Crippen LogP contribution in [-0.4, -0.2) is 18.5 Å². The molecule has 0 atom stereocenters. The Morgan fingerprint density at radius 3 is 2.80 bits per heavy atom. The molecule has 0 fully saturated rings. The van der Waals surface area contributed by atoms with Crippen LogP contribution in [0.5, 0.6) is 5.75 Å². The smallest absolute Gasteiger partial charge is 0.197 e. The minimum atomic E-state index is 0.442. The van der Waals surface area contributed by atoms with E-state index < -0.39 is 0 Å². The molecule has 1 aromatic rings. The van der Waals surface area contributed by atoms with E-state index in [2.05, 4.69) is 9.69 Å². The summed E-state index contributed by atoms with van der Waals surface area (Å²) in [6.45, 7) is 0. The number of hydrogen-bond donors (Lipinski definition) is 2. The van der Waals surface area contributed by atoms with E-state index >= 15 is 0 Å². The third-order valence-corrected chi connectivity index (χ3v) is 1.97. The lowest BCUT2D eigenvalue weighted by molar-refractivity contribution is 0.419. The van der Waals surface area contributed by atoms with Gasteiger partial charge in [0.2, 0.25) is 0 Å². The first-order valence-electron chi connectivity index (χ1n) is 2.76. The van der Waals surface area contributed by atoms with Crippen LogP contribution in [0.2, 0.25) is 0 Å². The molecular weight excluding hydrogens is 150 g/mol. The molecule has 1 aromatic heterocycles. The number of hydrogen-bond acceptors (Lipinski definition) is 5. The molecule has 0 aliphatic rings. The van der Waals surface area contributed by atoms with Gasteiger partial charge in [-0.3, -0.25) is 0 Å². The van der Waals surface area contributed by atoms with Gasteiger partial charge in [0.1, 0.15) is 0 Å². The van der Waals surface area contributed by atoms with E-state index in [1.165, 1.54) is 11.5 Å². The van der Waals surface area contributed by atoms with E-state index in [0.717, 1.165) is 5.00 Å². The number of nitrogen functional groups attached to an aromatic ring is 1. The van der Waals surface area contributed by atoms with Gasteiger partial charge in [-0.1, -0.05) is 0 Å². The predicted molar refractivity (Wildman–Crippen MR) is 42.6 cm³/mol. The molecule has 0 spiro atoms. The first-order valence-corrected chi connectivity index (χ1v) is 3.53. The predicted octanol–water partition coefficient (Wildman–Crippen LogP) is 0.776. The number of rotatable bonds is 2. The van der Waals surface area contributed by atoms with Gasteiger partial charge in [0, 0.05) is 7.05 Å². The van der Waals surface area contributed by atoms with Gasteiger partial charge >= 0.3 is 0 Å². The van der Waals surface area contributed by atoms with E-state index in [0.29, 0.717) is 11.6 Å². The summed E-state index contributed by atoms with van der Waals surface area (Å²) in [4.78, 5) is 0. The van der Waals surface area contributed by atoms with E-state index in [1.807, 2.05) is 0 Å². The van der Waals surface area contributed by atoms with Crippen molar-refractivity contribution in [3.63, 3.8) is 0 Å². The number of nitrogens with two attached hydrogens (primary N) is 1. The minimum Gasteiger partial charge on any atom is -0.490 e. The summed E-state index contributed by atoms with van der Waals surface area (Å²) < 4.78 is 8.86. The summed E-state index contributed by atoms with van der Waals surface area (Å²) in [6, 6.07) is 0. The summed E-state index contributed by atoms with van der Waals surface area (Å²) in [5, 5.41) is 3.78. The average molecular weight is 159 g/mol. The maximum Gasteiger partial charge on any atom is 0.197 e. The van der Waals surface area contributed by atoms with Gasteiger partial charge in [-0.2, -0.15) is 4.37 Å². The van der Waals surface area contributed by atoms with Crippen molar-refractivity contribution in [3.8, 4) is 5.75 Å². The molecule has 4 nitrogen and oxygen atoms in total. The maximum atomic E-state index is 5.46. The second-order valence-electron chi connectivity index (χ2n) is 1.68. The zero-order valence-electron chi connectivity index (χ0n) is 5.84. The van der Waals surface area contributed by atoms with Gasteiger partial charge in [0.15, 0.2) is 16.6 Å². The summed E-state index contributed by atoms with van der Waals surface area (Å²) in [5.41, 5.74) is 5.46. The molecule has 3 N–H and O–H groups in total. The van der Waals surface area contributed by atoms with Crippen LogP contribution >= 0.6 is 11.5 Å². The van der Waals surface area contributed by atoms with Gasteiger partial charge in [-0.25, -0.2) is 0 Å². The highest BCUT2D eigenvalue weighted by Gasteiger charge is 2.08. The largest absolute Gasteiger partial charge is 0.490 e. The molecule has 0 saturated carbocycles. The van der Waals surface area contributed by atoms with Crippen molar-refractivity contribution in [1.29, 1.82) is 0 Å². The molecule has 1 rings (SSSR count). The fraction of sp³-hybridized carbons (Fsp3) is 0.400. The van der Waals surface area contributed by atoms with Gasteiger partial charge in [0.25, 0.3) is 0 Å². The van der Waals surface area contributed by atoms with Gasteiger partial charge in [-0.05, 0) is 11.5 Å². The molecule has 56 valence electrons. The normalized spacial score (nSPS) is 9.40. The van der Waals surface area contributed by atoms with E-state index in [4.69, 9.17) is 10.5 Å². The molecule has 10 heavy (non-hydrogen) atoms. The van der Waals surface area contributed by atoms with Crippen molar-refractivity contribution in [1.82, 2.24) is 4.37 Å². The number of nitrogens with one attached hydrogen (secondary N) is 1. The van der Waals surface area contributed by atoms with Crippen molar-refractivity contribution in [2.24, 2.45) is 0 Å². The van der Waals surface area contributed by atoms with Crippen molar-refractivity contribution in [3.05, 3.63) is 0 Å². The molecule has 5 heteroatoms. The van der Waals surface area contributed by atoms with Crippen LogP contribution in [0.1, 0.15) is 0 Å². The Morgan fingerprint density at radius 1 is 1.70 bits per heavy atom. The molecule has 0 aliphatic carbocycles.